The van der Waals surface area contributed by atoms with E-state index in [-0.39, 0.29) is 11.8 Å². The molecule has 1 aliphatic carbocycles. The molecule has 0 spiro atoms. The van der Waals surface area contributed by atoms with Crippen LogP contribution < -0.4 is 19.5 Å². The van der Waals surface area contributed by atoms with E-state index in [0.29, 0.717) is 35.4 Å². The van der Waals surface area contributed by atoms with Crippen molar-refractivity contribution >= 4 is 23.1 Å². The Morgan fingerprint density at radius 2 is 1.86 bits per heavy atom. The fraction of sp³-hybridized carbons (Fsp3) is 0.524. The van der Waals surface area contributed by atoms with E-state index in [2.05, 4.69) is 5.32 Å². The van der Waals surface area contributed by atoms with Crippen molar-refractivity contribution in [3.8, 4) is 17.2 Å². The number of rotatable bonds is 7. The largest absolute Gasteiger partial charge is 0.493 e. The Morgan fingerprint density at radius 1 is 1.18 bits per heavy atom. The SMILES string of the molecule is CCCOc1c(OC)cc(C2NC(=S)N(CC)C3=C2C(=O)CCC3)cc1OC. The van der Waals surface area contributed by atoms with Crippen molar-refractivity contribution in [3.63, 3.8) is 0 Å². The fourth-order valence-corrected chi connectivity index (χ4v) is 4.21. The average molecular weight is 405 g/mol. The molecule has 0 saturated heterocycles. The molecule has 0 amide bonds. The molecule has 2 aliphatic rings. The van der Waals surface area contributed by atoms with Gasteiger partial charge in [-0.05, 0) is 56.1 Å². The first kappa shape index (κ1) is 20.5. The van der Waals surface area contributed by atoms with Gasteiger partial charge in [-0.1, -0.05) is 6.92 Å². The van der Waals surface area contributed by atoms with Gasteiger partial charge in [0.15, 0.2) is 22.4 Å². The van der Waals surface area contributed by atoms with Crippen LogP contribution in [0, 0.1) is 0 Å². The molecule has 1 heterocycles. The molecule has 0 aromatic heterocycles. The van der Waals surface area contributed by atoms with Crippen molar-refractivity contribution in [2.75, 3.05) is 27.4 Å². The predicted molar refractivity (Wildman–Crippen MR) is 112 cm³/mol. The van der Waals surface area contributed by atoms with Crippen molar-refractivity contribution in [2.45, 2.75) is 45.6 Å². The second-order valence-electron chi connectivity index (χ2n) is 6.87. The van der Waals surface area contributed by atoms with Crippen molar-refractivity contribution in [1.82, 2.24) is 10.2 Å². The molecule has 6 nitrogen and oxygen atoms in total. The van der Waals surface area contributed by atoms with E-state index in [1.54, 1.807) is 14.2 Å². The Bertz CT molecular complexity index is 781. The lowest BCUT2D eigenvalue weighted by molar-refractivity contribution is -0.116. The second-order valence-corrected chi connectivity index (χ2v) is 7.25. The third-order valence-corrected chi connectivity index (χ3v) is 5.48. The lowest BCUT2D eigenvalue weighted by atomic mass is 9.84. The zero-order valence-electron chi connectivity index (χ0n) is 17.0. The highest BCUT2D eigenvalue weighted by molar-refractivity contribution is 7.80. The third kappa shape index (κ3) is 3.68. The number of methoxy groups -OCH3 is 2. The van der Waals surface area contributed by atoms with Crippen LogP contribution in [0.2, 0.25) is 0 Å². The van der Waals surface area contributed by atoms with E-state index >= 15 is 0 Å². The highest BCUT2D eigenvalue weighted by Crippen LogP contribution is 2.44. The van der Waals surface area contributed by atoms with Crippen LogP contribution in [-0.2, 0) is 4.79 Å². The van der Waals surface area contributed by atoms with E-state index in [4.69, 9.17) is 26.4 Å². The van der Waals surface area contributed by atoms with Gasteiger partial charge in [0.05, 0.1) is 26.9 Å². The minimum Gasteiger partial charge on any atom is -0.493 e. The molecule has 28 heavy (non-hydrogen) atoms. The topological polar surface area (TPSA) is 60.0 Å². The summed E-state index contributed by atoms with van der Waals surface area (Å²) in [7, 11) is 3.21. The van der Waals surface area contributed by atoms with E-state index in [1.807, 2.05) is 30.9 Å². The summed E-state index contributed by atoms with van der Waals surface area (Å²) in [4.78, 5) is 14.9. The highest BCUT2D eigenvalue weighted by atomic mass is 32.1. The van der Waals surface area contributed by atoms with E-state index in [1.165, 1.54) is 0 Å². The minimum atomic E-state index is -0.318. The molecule has 1 N–H and O–H groups in total. The van der Waals surface area contributed by atoms with Crippen LogP contribution in [0.1, 0.15) is 51.1 Å². The van der Waals surface area contributed by atoms with Crippen molar-refractivity contribution in [3.05, 3.63) is 29.0 Å². The smallest absolute Gasteiger partial charge is 0.203 e. The Kier molecular flexibility index (Phi) is 6.44. The zero-order chi connectivity index (χ0) is 20.3. The van der Waals surface area contributed by atoms with E-state index < -0.39 is 0 Å². The Labute approximate surface area is 171 Å². The molecular formula is C21H28N2O4S. The van der Waals surface area contributed by atoms with Gasteiger partial charge in [0.1, 0.15) is 0 Å². The van der Waals surface area contributed by atoms with Gasteiger partial charge >= 0.3 is 0 Å². The lowest BCUT2D eigenvalue weighted by Crippen LogP contribution is -2.49. The number of carbonyl (C=O) groups is 1. The number of carbonyl (C=O) groups excluding carboxylic acids is 1. The van der Waals surface area contributed by atoms with Gasteiger partial charge in [-0.25, -0.2) is 0 Å². The summed E-state index contributed by atoms with van der Waals surface area (Å²) in [6, 6.07) is 3.49. The summed E-state index contributed by atoms with van der Waals surface area (Å²) in [5.74, 6) is 1.91. The van der Waals surface area contributed by atoms with Crippen molar-refractivity contribution in [1.29, 1.82) is 0 Å². The quantitative estimate of drug-likeness (QED) is 0.695. The average Bonchev–Trinajstić information content (AvgIpc) is 2.71. The number of Topliss-reactive ketones (excluding diaryl/α,β-unsaturated/α-hetero) is 1. The fourth-order valence-electron chi connectivity index (χ4n) is 3.85. The normalized spacial score (nSPS) is 19.3. The summed E-state index contributed by atoms with van der Waals surface area (Å²) in [5, 5.41) is 4.00. The summed E-state index contributed by atoms with van der Waals surface area (Å²) in [6.45, 7) is 5.39. The maximum atomic E-state index is 12.8. The van der Waals surface area contributed by atoms with Gasteiger partial charge in [-0.2, -0.15) is 0 Å². The van der Waals surface area contributed by atoms with Crippen LogP contribution in [0.5, 0.6) is 17.2 Å². The number of ketones is 1. The molecular weight excluding hydrogens is 376 g/mol. The molecule has 152 valence electrons. The summed E-state index contributed by atoms with van der Waals surface area (Å²) >= 11 is 5.60. The van der Waals surface area contributed by atoms with Crippen LogP contribution in [0.15, 0.2) is 23.4 Å². The van der Waals surface area contributed by atoms with Crippen molar-refractivity contribution < 1.29 is 19.0 Å². The maximum absolute atomic E-state index is 12.8. The predicted octanol–water partition coefficient (Wildman–Crippen LogP) is 3.75. The first-order valence-corrected chi connectivity index (χ1v) is 10.2. The number of nitrogens with one attached hydrogen (secondary N) is 1. The molecule has 1 unspecified atom stereocenters. The monoisotopic (exact) mass is 404 g/mol. The van der Waals surface area contributed by atoms with Crippen LogP contribution in [0.3, 0.4) is 0 Å². The molecule has 1 aliphatic heterocycles. The van der Waals surface area contributed by atoms with E-state index in [0.717, 1.165) is 42.6 Å². The first-order valence-electron chi connectivity index (χ1n) is 9.78. The highest BCUT2D eigenvalue weighted by Gasteiger charge is 2.37. The minimum absolute atomic E-state index is 0.170. The van der Waals surface area contributed by atoms with Crippen LogP contribution in [0.4, 0.5) is 0 Å². The molecule has 1 atom stereocenters. The molecule has 0 bridgehead atoms. The first-order chi connectivity index (χ1) is 13.5. The van der Waals surface area contributed by atoms with Gasteiger partial charge in [-0.15, -0.1) is 0 Å². The van der Waals surface area contributed by atoms with Gasteiger partial charge in [0, 0.05) is 24.2 Å². The Balaban J connectivity index is 2.11. The molecule has 0 fully saturated rings. The van der Waals surface area contributed by atoms with Gasteiger partial charge in [-0.3, -0.25) is 4.79 Å². The molecule has 0 saturated carbocycles. The molecule has 0 radical (unpaired) electrons. The van der Waals surface area contributed by atoms with Gasteiger partial charge < -0.3 is 24.4 Å². The zero-order valence-corrected chi connectivity index (χ0v) is 17.8. The summed E-state index contributed by atoms with van der Waals surface area (Å²) < 4.78 is 17.0. The summed E-state index contributed by atoms with van der Waals surface area (Å²) in [6.07, 6.45) is 3.16. The van der Waals surface area contributed by atoms with Crippen LogP contribution in [-0.4, -0.2) is 43.2 Å². The third-order valence-electron chi connectivity index (χ3n) is 5.14. The molecule has 1 aromatic rings. The number of ether oxygens (including phenoxy) is 3. The molecule has 3 rings (SSSR count). The Hall–Kier alpha value is -2.28. The van der Waals surface area contributed by atoms with Crippen LogP contribution >= 0.6 is 12.2 Å². The van der Waals surface area contributed by atoms with Crippen molar-refractivity contribution in [2.24, 2.45) is 0 Å². The standard InChI is InChI=1S/C21H28N2O4S/c1-5-10-27-20-16(25-3)11-13(12-17(20)26-4)19-18-14(8-7-9-15(18)24)23(6-2)21(28)22-19/h11-12,19H,5-10H2,1-4H3,(H,22,28). The maximum Gasteiger partial charge on any atom is 0.203 e. The number of nitrogens with zero attached hydrogens (tertiary/aromatic N) is 1. The number of benzene rings is 1. The number of allylic oxidation sites excluding steroid dienone is 1. The van der Waals surface area contributed by atoms with Gasteiger partial charge in [0.25, 0.3) is 0 Å². The van der Waals surface area contributed by atoms with Gasteiger partial charge in [0.2, 0.25) is 5.75 Å². The molecule has 1 aromatic carbocycles. The number of thiocarbonyl (C=S) groups is 1. The number of hydrogen-bond donors (Lipinski definition) is 1. The summed E-state index contributed by atoms with van der Waals surface area (Å²) in [5.41, 5.74) is 2.71. The second kappa shape index (κ2) is 8.82. The molecule has 7 heteroatoms. The van der Waals surface area contributed by atoms with E-state index in [9.17, 15) is 4.79 Å². The lowest BCUT2D eigenvalue weighted by Gasteiger charge is -2.40. The Morgan fingerprint density at radius 3 is 2.43 bits per heavy atom. The number of hydrogen-bond acceptors (Lipinski definition) is 5. The van der Waals surface area contributed by atoms with Crippen LogP contribution in [0.25, 0.3) is 0 Å².